The maximum atomic E-state index is 11.4. The third kappa shape index (κ3) is 2.28. The van der Waals surface area contributed by atoms with Gasteiger partial charge in [0.25, 0.3) is 0 Å². The van der Waals surface area contributed by atoms with Crippen LogP contribution in [0.1, 0.15) is 15.9 Å². The van der Waals surface area contributed by atoms with Gasteiger partial charge in [-0.1, -0.05) is 15.9 Å². The van der Waals surface area contributed by atoms with Crippen LogP contribution in [-0.2, 0) is 4.74 Å². The molecule has 15 heavy (non-hydrogen) atoms. The molecule has 0 spiro atoms. The third-order valence-corrected chi connectivity index (χ3v) is 2.24. The molecule has 0 amide bonds. The quantitative estimate of drug-likeness (QED) is 0.772. The summed E-state index contributed by atoms with van der Waals surface area (Å²) >= 11 is 3.20. The van der Waals surface area contributed by atoms with Crippen LogP contribution < -0.4 is 4.74 Å². The van der Waals surface area contributed by atoms with Crippen molar-refractivity contribution < 1.29 is 14.3 Å². The van der Waals surface area contributed by atoms with Crippen molar-refractivity contribution in [2.24, 2.45) is 0 Å². The van der Waals surface area contributed by atoms with Crippen molar-refractivity contribution in [3.8, 4) is 11.8 Å². The third-order valence-electron chi connectivity index (χ3n) is 1.78. The summed E-state index contributed by atoms with van der Waals surface area (Å²) < 4.78 is 10.2. The van der Waals surface area contributed by atoms with E-state index >= 15 is 0 Å². The highest BCUT2D eigenvalue weighted by atomic mass is 79.9. The zero-order valence-corrected chi connectivity index (χ0v) is 9.79. The predicted octanol–water partition coefficient (Wildman–Crippen LogP) is 2.12. The van der Waals surface area contributed by atoms with E-state index in [1.165, 1.54) is 14.2 Å². The fourth-order valence-electron chi connectivity index (χ4n) is 1.16. The van der Waals surface area contributed by atoms with Gasteiger partial charge in [0.05, 0.1) is 19.8 Å². The van der Waals surface area contributed by atoms with Crippen molar-refractivity contribution in [2.45, 2.75) is 0 Å². The van der Waals surface area contributed by atoms with Gasteiger partial charge in [0, 0.05) is 4.47 Å². The first-order chi connectivity index (χ1) is 7.13. The van der Waals surface area contributed by atoms with Crippen LogP contribution in [0.25, 0.3) is 0 Å². The van der Waals surface area contributed by atoms with Gasteiger partial charge < -0.3 is 9.47 Å². The molecule has 4 nitrogen and oxygen atoms in total. The molecule has 0 aliphatic heterocycles. The second-order valence-electron chi connectivity index (χ2n) is 2.64. The number of hydrogen-bond donors (Lipinski definition) is 0. The topological polar surface area (TPSA) is 59.3 Å². The smallest absolute Gasteiger partial charge is 0.341 e. The molecule has 0 aliphatic carbocycles. The number of carbonyl (C=O) groups excluding carboxylic acids is 1. The standard InChI is InChI=1S/C10H8BrNO3/c1-14-9-6(5-12)3-7(11)4-8(9)10(13)15-2/h3-4H,1-2H3. The minimum absolute atomic E-state index is 0.228. The molecule has 0 radical (unpaired) electrons. The highest BCUT2D eigenvalue weighted by Crippen LogP contribution is 2.28. The molecule has 5 heteroatoms. The fourth-order valence-corrected chi connectivity index (χ4v) is 1.62. The zero-order chi connectivity index (χ0) is 11.4. The van der Waals surface area contributed by atoms with E-state index in [-0.39, 0.29) is 16.9 Å². The summed E-state index contributed by atoms with van der Waals surface area (Å²) in [5.41, 5.74) is 0.512. The molecule has 78 valence electrons. The molecule has 0 fully saturated rings. The van der Waals surface area contributed by atoms with Crippen LogP contribution in [-0.4, -0.2) is 20.2 Å². The maximum Gasteiger partial charge on any atom is 0.341 e. The van der Waals surface area contributed by atoms with Crippen LogP contribution in [0.2, 0.25) is 0 Å². The van der Waals surface area contributed by atoms with E-state index < -0.39 is 5.97 Å². The van der Waals surface area contributed by atoms with E-state index in [0.717, 1.165) is 0 Å². The van der Waals surface area contributed by atoms with Gasteiger partial charge in [0.2, 0.25) is 0 Å². The largest absolute Gasteiger partial charge is 0.494 e. The second kappa shape index (κ2) is 4.80. The summed E-state index contributed by atoms with van der Waals surface area (Å²) in [6.45, 7) is 0. The number of ether oxygens (including phenoxy) is 2. The zero-order valence-electron chi connectivity index (χ0n) is 8.20. The summed E-state index contributed by atoms with van der Waals surface area (Å²) in [7, 11) is 2.67. The Morgan fingerprint density at radius 3 is 2.60 bits per heavy atom. The molecule has 0 N–H and O–H groups in total. The molecule has 0 aliphatic rings. The van der Waals surface area contributed by atoms with Gasteiger partial charge in [-0.05, 0) is 12.1 Å². The number of halogens is 1. The number of benzene rings is 1. The highest BCUT2D eigenvalue weighted by molar-refractivity contribution is 9.10. The minimum Gasteiger partial charge on any atom is -0.494 e. The highest BCUT2D eigenvalue weighted by Gasteiger charge is 2.17. The van der Waals surface area contributed by atoms with Crippen LogP contribution in [0.5, 0.6) is 5.75 Å². The molecular formula is C10H8BrNO3. The van der Waals surface area contributed by atoms with Gasteiger partial charge in [-0.25, -0.2) is 4.79 Å². The first-order valence-corrected chi connectivity index (χ1v) is 4.79. The van der Waals surface area contributed by atoms with Gasteiger partial charge in [-0.15, -0.1) is 0 Å². The molecule has 1 rings (SSSR count). The Morgan fingerprint density at radius 1 is 1.47 bits per heavy atom. The van der Waals surface area contributed by atoms with Crippen LogP contribution in [0.4, 0.5) is 0 Å². The van der Waals surface area contributed by atoms with Gasteiger partial charge in [0.1, 0.15) is 11.6 Å². The predicted molar refractivity (Wildman–Crippen MR) is 56.7 cm³/mol. The molecule has 0 aromatic heterocycles. The van der Waals surface area contributed by atoms with Crippen LogP contribution in [0.3, 0.4) is 0 Å². The van der Waals surface area contributed by atoms with Crippen molar-refractivity contribution in [3.05, 3.63) is 27.7 Å². The Labute approximate surface area is 95.5 Å². The van der Waals surface area contributed by atoms with Crippen molar-refractivity contribution in [1.29, 1.82) is 5.26 Å². The number of rotatable bonds is 2. The van der Waals surface area contributed by atoms with Crippen LogP contribution >= 0.6 is 15.9 Å². The second-order valence-corrected chi connectivity index (χ2v) is 3.55. The SMILES string of the molecule is COC(=O)c1cc(Br)cc(C#N)c1OC. The van der Waals surface area contributed by atoms with E-state index in [2.05, 4.69) is 20.7 Å². The van der Waals surface area contributed by atoms with Crippen LogP contribution in [0.15, 0.2) is 16.6 Å². The molecule has 0 atom stereocenters. The Morgan fingerprint density at radius 2 is 2.13 bits per heavy atom. The number of nitriles is 1. The molecule has 0 unspecified atom stereocenters. The first kappa shape index (κ1) is 11.5. The lowest BCUT2D eigenvalue weighted by Crippen LogP contribution is -2.05. The number of methoxy groups -OCH3 is 2. The Hall–Kier alpha value is -1.54. The van der Waals surface area contributed by atoms with Gasteiger partial charge in [0.15, 0.2) is 5.75 Å². The van der Waals surface area contributed by atoms with Crippen molar-refractivity contribution in [1.82, 2.24) is 0 Å². The number of hydrogen-bond acceptors (Lipinski definition) is 4. The number of esters is 1. The minimum atomic E-state index is -0.537. The van der Waals surface area contributed by atoms with Gasteiger partial charge in [-0.3, -0.25) is 0 Å². The summed E-state index contributed by atoms with van der Waals surface area (Å²) in [5.74, 6) is -0.308. The Balaban J connectivity index is 3.43. The van der Waals surface area contributed by atoms with E-state index in [0.29, 0.717) is 4.47 Å². The molecule has 1 aromatic rings. The van der Waals surface area contributed by atoms with E-state index in [1.54, 1.807) is 12.1 Å². The molecule has 1 aromatic carbocycles. The van der Waals surface area contributed by atoms with Crippen LogP contribution in [0, 0.1) is 11.3 Å². The Kier molecular flexibility index (Phi) is 3.69. The van der Waals surface area contributed by atoms with E-state index in [1.807, 2.05) is 6.07 Å². The Bertz CT molecular complexity index is 437. The summed E-state index contributed by atoms with van der Waals surface area (Å²) in [6.07, 6.45) is 0. The van der Waals surface area contributed by atoms with E-state index in [9.17, 15) is 4.79 Å². The lowest BCUT2D eigenvalue weighted by Gasteiger charge is -2.08. The summed E-state index contributed by atoms with van der Waals surface area (Å²) in [5, 5.41) is 8.85. The first-order valence-electron chi connectivity index (χ1n) is 4.00. The fraction of sp³-hybridized carbons (Fsp3) is 0.200. The molecule has 0 bridgehead atoms. The lowest BCUT2D eigenvalue weighted by molar-refractivity contribution is 0.0597. The normalized spacial score (nSPS) is 9.20. The molecule has 0 heterocycles. The van der Waals surface area contributed by atoms with E-state index in [4.69, 9.17) is 10.00 Å². The van der Waals surface area contributed by atoms with Crippen molar-refractivity contribution >= 4 is 21.9 Å². The average Bonchev–Trinajstić information content (AvgIpc) is 2.26. The number of nitrogens with zero attached hydrogens (tertiary/aromatic N) is 1. The summed E-state index contributed by atoms with van der Waals surface area (Å²) in [6, 6.07) is 5.07. The molecular weight excluding hydrogens is 262 g/mol. The van der Waals surface area contributed by atoms with Crippen molar-refractivity contribution in [3.63, 3.8) is 0 Å². The summed E-state index contributed by atoms with van der Waals surface area (Å²) in [4.78, 5) is 11.4. The van der Waals surface area contributed by atoms with Crippen molar-refractivity contribution in [2.75, 3.05) is 14.2 Å². The maximum absolute atomic E-state index is 11.4. The number of carbonyl (C=O) groups is 1. The average molecular weight is 270 g/mol. The monoisotopic (exact) mass is 269 g/mol. The van der Waals surface area contributed by atoms with Gasteiger partial charge in [-0.2, -0.15) is 5.26 Å². The van der Waals surface area contributed by atoms with Gasteiger partial charge >= 0.3 is 5.97 Å². The lowest BCUT2D eigenvalue weighted by atomic mass is 10.1. The molecule has 0 saturated carbocycles. The molecule has 0 saturated heterocycles.